The first-order valence-corrected chi connectivity index (χ1v) is 9.17. The molecule has 0 radical (unpaired) electrons. The van der Waals surface area contributed by atoms with E-state index in [9.17, 15) is 4.79 Å². The lowest BCUT2D eigenvalue weighted by atomic mass is 10.1. The van der Waals surface area contributed by atoms with Crippen molar-refractivity contribution in [3.05, 3.63) is 0 Å². The van der Waals surface area contributed by atoms with E-state index < -0.39 is 0 Å². The van der Waals surface area contributed by atoms with Crippen LogP contribution in [-0.2, 0) is 9.53 Å². The monoisotopic (exact) mass is 324 g/mol. The van der Waals surface area contributed by atoms with Gasteiger partial charge in [-0.25, -0.2) is 0 Å². The SMILES string of the molecule is CCNC(=NCCC(=O)N1CCCC1)N1CCC(OCC)CC1. The largest absolute Gasteiger partial charge is 0.378 e. The zero-order chi connectivity index (χ0) is 16.5. The predicted octanol–water partition coefficient (Wildman–Crippen LogP) is 1.47. The topological polar surface area (TPSA) is 57.2 Å². The molecule has 0 saturated carbocycles. The highest BCUT2D eigenvalue weighted by Crippen LogP contribution is 2.14. The molecule has 0 bridgehead atoms. The maximum atomic E-state index is 12.1. The molecule has 2 rings (SSSR count). The predicted molar refractivity (Wildman–Crippen MR) is 92.6 cm³/mol. The molecule has 0 atom stereocenters. The highest BCUT2D eigenvalue weighted by molar-refractivity contribution is 5.81. The minimum atomic E-state index is 0.247. The third-order valence-corrected chi connectivity index (χ3v) is 4.52. The maximum absolute atomic E-state index is 12.1. The summed E-state index contributed by atoms with van der Waals surface area (Å²) in [7, 11) is 0. The molecule has 2 aliphatic rings. The molecular weight excluding hydrogens is 292 g/mol. The van der Waals surface area contributed by atoms with Gasteiger partial charge in [-0.15, -0.1) is 0 Å². The number of piperidine rings is 1. The fourth-order valence-corrected chi connectivity index (χ4v) is 3.28. The molecule has 1 amide bonds. The van der Waals surface area contributed by atoms with E-state index >= 15 is 0 Å². The van der Waals surface area contributed by atoms with E-state index in [4.69, 9.17) is 4.74 Å². The van der Waals surface area contributed by atoms with Gasteiger partial charge in [-0.05, 0) is 39.5 Å². The number of nitrogens with one attached hydrogen (secondary N) is 1. The van der Waals surface area contributed by atoms with Gasteiger partial charge in [0, 0.05) is 45.8 Å². The van der Waals surface area contributed by atoms with Gasteiger partial charge >= 0.3 is 0 Å². The molecular formula is C17H32N4O2. The van der Waals surface area contributed by atoms with Crippen LogP contribution in [0, 0.1) is 0 Å². The van der Waals surface area contributed by atoms with Gasteiger partial charge in [-0.3, -0.25) is 9.79 Å². The molecule has 0 aromatic heterocycles. The first kappa shape index (κ1) is 18.0. The van der Waals surface area contributed by atoms with Crippen molar-refractivity contribution in [1.82, 2.24) is 15.1 Å². The Hall–Kier alpha value is -1.30. The van der Waals surface area contributed by atoms with Gasteiger partial charge in [0.15, 0.2) is 5.96 Å². The Morgan fingerprint density at radius 1 is 1.13 bits per heavy atom. The Morgan fingerprint density at radius 3 is 2.43 bits per heavy atom. The molecule has 0 spiro atoms. The summed E-state index contributed by atoms with van der Waals surface area (Å²) in [5.74, 6) is 1.19. The minimum Gasteiger partial charge on any atom is -0.378 e. The van der Waals surface area contributed by atoms with Gasteiger partial charge in [0.1, 0.15) is 0 Å². The Kier molecular flexibility index (Phi) is 7.65. The summed E-state index contributed by atoms with van der Waals surface area (Å²) in [6.45, 7) is 10.1. The molecule has 0 unspecified atom stereocenters. The normalized spacial score (nSPS) is 20.2. The Labute approximate surface area is 140 Å². The second-order valence-corrected chi connectivity index (χ2v) is 6.22. The lowest BCUT2D eigenvalue weighted by Crippen LogP contribution is -2.47. The van der Waals surface area contributed by atoms with Gasteiger partial charge in [0.25, 0.3) is 0 Å². The molecule has 2 heterocycles. The van der Waals surface area contributed by atoms with Crippen LogP contribution >= 0.6 is 0 Å². The van der Waals surface area contributed by atoms with Crippen molar-refractivity contribution in [3.8, 4) is 0 Å². The number of nitrogens with zero attached hydrogens (tertiary/aromatic N) is 3. The van der Waals surface area contributed by atoms with E-state index in [-0.39, 0.29) is 5.91 Å². The van der Waals surface area contributed by atoms with Crippen molar-refractivity contribution < 1.29 is 9.53 Å². The number of ether oxygens (including phenoxy) is 1. The molecule has 23 heavy (non-hydrogen) atoms. The lowest BCUT2D eigenvalue weighted by Gasteiger charge is -2.34. The van der Waals surface area contributed by atoms with Gasteiger partial charge in [-0.2, -0.15) is 0 Å². The van der Waals surface area contributed by atoms with Crippen LogP contribution in [0.4, 0.5) is 0 Å². The van der Waals surface area contributed by atoms with Gasteiger partial charge < -0.3 is 19.9 Å². The van der Waals surface area contributed by atoms with Crippen molar-refractivity contribution in [2.24, 2.45) is 4.99 Å². The molecule has 2 fully saturated rings. The average molecular weight is 324 g/mol. The number of likely N-dealkylation sites (tertiary alicyclic amines) is 2. The minimum absolute atomic E-state index is 0.247. The molecule has 6 nitrogen and oxygen atoms in total. The number of carbonyl (C=O) groups is 1. The smallest absolute Gasteiger partial charge is 0.224 e. The van der Waals surface area contributed by atoms with Gasteiger partial charge in [0.2, 0.25) is 5.91 Å². The van der Waals surface area contributed by atoms with Crippen LogP contribution in [0.5, 0.6) is 0 Å². The van der Waals surface area contributed by atoms with Crippen molar-refractivity contribution in [2.75, 3.05) is 45.9 Å². The third-order valence-electron chi connectivity index (χ3n) is 4.52. The summed E-state index contributed by atoms with van der Waals surface area (Å²) in [5.41, 5.74) is 0. The zero-order valence-corrected chi connectivity index (χ0v) is 14.7. The molecule has 0 aromatic rings. The lowest BCUT2D eigenvalue weighted by molar-refractivity contribution is -0.129. The Bertz CT molecular complexity index is 386. The fourth-order valence-electron chi connectivity index (χ4n) is 3.28. The van der Waals surface area contributed by atoms with E-state index in [1.807, 2.05) is 4.90 Å². The summed E-state index contributed by atoms with van der Waals surface area (Å²) >= 11 is 0. The fraction of sp³-hybridized carbons (Fsp3) is 0.882. The Morgan fingerprint density at radius 2 is 1.83 bits per heavy atom. The molecule has 2 aliphatic heterocycles. The number of rotatable bonds is 6. The summed E-state index contributed by atoms with van der Waals surface area (Å²) in [5, 5.41) is 3.35. The third kappa shape index (κ3) is 5.68. The van der Waals surface area contributed by atoms with E-state index in [2.05, 4.69) is 29.1 Å². The second kappa shape index (κ2) is 9.75. The summed E-state index contributed by atoms with van der Waals surface area (Å²) < 4.78 is 5.70. The maximum Gasteiger partial charge on any atom is 0.224 e. The van der Waals surface area contributed by atoms with Crippen LogP contribution in [0.1, 0.15) is 46.0 Å². The second-order valence-electron chi connectivity index (χ2n) is 6.22. The van der Waals surface area contributed by atoms with Crippen LogP contribution < -0.4 is 5.32 Å². The number of guanidine groups is 1. The molecule has 2 saturated heterocycles. The van der Waals surface area contributed by atoms with Crippen LogP contribution in [0.2, 0.25) is 0 Å². The molecule has 6 heteroatoms. The summed E-state index contributed by atoms with van der Waals surface area (Å²) in [6, 6.07) is 0. The van der Waals surface area contributed by atoms with Crippen LogP contribution in [-0.4, -0.2) is 73.6 Å². The van der Waals surface area contributed by atoms with E-state index in [0.717, 1.165) is 71.0 Å². The van der Waals surface area contributed by atoms with Gasteiger partial charge in [-0.1, -0.05) is 0 Å². The zero-order valence-electron chi connectivity index (χ0n) is 14.7. The summed E-state index contributed by atoms with van der Waals surface area (Å²) in [4.78, 5) is 21.0. The van der Waals surface area contributed by atoms with Crippen LogP contribution in [0.25, 0.3) is 0 Å². The molecule has 0 aliphatic carbocycles. The standard InChI is InChI=1S/C17H32N4O2/c1-3-18-17(21-13-8-15(9-14-21)23-4-2)19-10-7-16(22)20-11-5-6-12-20/h15H,3-14H2,1-2H3,(H,18,19). The number of amides is 1. The molecule has 132 valence electrons. The number of carbonyl (C=O) groups excluding carboxylic acids is 1. The quantitative estimate of drug-likeness (QED) is 0.594. The first-order valence-electron chi connectivity index (χ1n) is 9.17. The number of aliphatic imine (C=N–C) groups is 1. The first-order chi connectivity index (χ1) is 11.2. The van der Waals surface area contributed by atoms with Crippen LogP contribution in [0.15, 0.2) is 4.99 Å². The van der Waals surface area contributed by atoms with Crippen molar-refractivity contribution in [3.63, 3.8) is 0 Å². The number of hydrogen-bond donors (Lipinski definition) is 1. The number of hydrogen-bond acceptors (Lipinski definition) is 3. The summed E-state index contributed by atoms with van der Waals surface area (Å²) in [6.07, 6.45) is 5.29. The van der Waals surface area contributed by atoms with Crippen LogP contribution in [0.3, 0.4) is 0 Å². The Balaban J connectivity index is 1.79. The van der Waals surface area contributed by atoms with Crippen molar-refractivity contribution in [1.29, 1.82) is 0 Å². The molecule has 1 N–H and O–H groups in total. The highest BCUT2D eigenvalue weighted by Gasteiger charge is 2.22. The average Bonchev–Trinajstić information content (AvgIpc) is 3.10. The van der Waals surface area contributed by atoms with E-state index in [1.165, 1.54) is 0 Å². The van der Waals surface area contributed by atoms with Crippen molar-refractivity contribution >= 4 is 11.9 Å². The molecule has 0 aromatic carbocycles. The van der Waals surface area contributed by atoms with Crippen molar-refractivity contribution in [2.45, 2.75) is 52.1 Å². The van der Waals surface area contributed by atoms with Gasteiger partial charge in [0.05, 0.1) is 12.6 Å². The van der Waals surface area contributed by atoms with E-state index in [1.54, 1.807) is 0 Å². The highest BCUT2D eigenvalue weighted by atomic mass is 16.5. The van der Waals surface area contributed by atoms with E-state index in [0.29, 0.717) is 19.1 Å².